The second-order valence-electron chi connectivity index (χ2n) is 3.17. The third-order valence-corrected chi connectivity index (χ3v) is 2.06. The van der Waals surface area contributed by atoms with Crippen molar-refractivity contribution in [3.63, 3.8) is 0 Å². The molecule has 0 aromatic heterocycles. The molecule has 0 radical (unpaired) electrons. The molecule has 1 aromatic carbocycles. The molecule has 5 heteroatoms. The molecule has 0 aliphatic heterocycles. The van der Waals surface area contributed by atoms with Crippen LogP contribution in [0.1, 0.15) is 0 Å². The van der Waals surface area contributed by atoms with E-state index in [0.717, 1.165) is 4.47 Å². The smallest absolute Gasteiger partial charge is 0.272 e. The average molecular weight is 273 g/mol. The first-order chi connectivity index (χ1) is 7.08. The van der Waals surface area contributed by atoms with Gasteiger partial charge >= 0.3 is 0 Å². The number of hydrazine groups is 1. The highest BCUT2D eigenvalue weighted by Gasteiger charge is 2.02. The van der Waals surface area contributed by atoms with Crippen LogP contribution in [0.3, 0.4) is 0 Å². The Hall–Kier alpha value is -1.07. The van der Waals surface area contributed by atoms with Crippen LogP contribution >= 0.6 is 15.9 Å². The van der Waals surface area contributed by atoms with Gasteiger partial charge in [-0.2, -0.15) is 0 Å². The van der Waals surface area contributed by atoms with E-state index < -0.39 is 0 Å². The molecule has 82 valence electrons. The SMILES string of the molecule is CN(C)NC(=O)COc1ccc(Br)cc1. The lowest BCUT2D eigenvalue weighted by Crippen LogP contribution is -2.39. The number of benzene rings is 1. The number of carbonyl (C=O) groups excluding carboxylic acids is 1. The molecule has 15 heavy (non-hydrogen) atoms. The highest BCUT2D eigenvalue weighted by Crippen LogP contribution is 2.15. The first kappa shape index (κ1) is 12.0. The van der Waals surface area contributed by atoms with Crippen molar-refractivity contribution in [2.24, 2.45) is 0 Å². The van der Waals surface area contributed by atoms with Crippen LogP contribution in [0.5, 0.6) is 5.75 Å². The molecule has 0 unspecified atom stereocenters. The van der Waals surface area contributed by atoms with Crippen LogP contribution in [0.15, 0.2) is 28.7 Å². The van der Waals surface area contributed by atoms with Gasteiger partial charge in [0.2, 0.25) is 0 Å². The van der Waals surface area contributed by atoms with Gasteiger partial charge in [-0.15, -0.1) is 0 Å². The Bertz CT molecular complexity index is 325. The molecule has 0 fully saturated rings. The van der Waals surface area contributed by atoms with E-state index in [1.165, 1.54) is 0 Å². The summed E-state index contributed by atoms with van der Waals surface area (Å²) in [6.07, 6.45) is 0. The summed E-state index contributed by atoms with van der Waals surface area (Å²) in [4.78, 5) is 11.2. The molecule has 0 atom stereocenters. The third-order valence-electron chi connectivity index (χ3n) is 1.53. The molecule has 0 saturated heterocycles. The predicted octanol–water partition coefficient (Wildman–Crippen LogP) is 1.42. The first-order valence-corrected chi connectivity index (χ1v) is 5.22. The van der Waals surface area contributed by atoms with Crippen molar-refractivity contribution < 1.29 is 9.53 Å². The molecule has 1 aromatic rings. The van der Waals surface area contributed by atoms with Crippen molar-refractivity contribution in [3.8, 4) is 5.75 Å². The van der Waals surface area contributed by atoms with Crippen molar-refractivity contribution in [1.82, 2.24) is 10.4 Å². The number of hydrogen-bond donors (Lipinski definition) is 1. The third kappa shape index (κ3) is 4.80. The van der Waals surface area contributed by atoms with Gasteiger partial charge in [0.25, 0.3) is 5.91 Å². The van der Waals surface area contributed by atoms with E-state index in [1.807, 2.05) is 12.1 Å². The van der Waals surface area contributed by atoms with Gasteiger partial charge in [0.15, 0.2) is 6.61 Å². The number of nitrogens with zero attached hydrogens (tertiary/aromatic N) is 1. The summed E-state index contributed by atoms with van der Waals surface area (Å²) < 4.78 is 6.24. The lowest BCUT2D eigenvalue weighted by molar-refractivity contribution is -0.126. The summed E-state index contributed by atoms with van der Waals surface area (Å²) in [7, 11) is 3.50. The molecule has 0 aliphatic rings. The topological polar surface area (TPSA) is 41.6 Å². The maximum Gasteiger partial charge on any atom is 0.272 e. The highest BCUT2D eigenvalue weighted by atomic mass is 79.9. The van der Waals surface area contributed by atoms with Crippen LogP contribution in [0.2, 0.25) is 0 Å². The molecular weight excluding hydrogens is 260 g/mol. The molecule has 1 amide bonds. The predicted molar refractivity (Wildman–Crippen MR) is 61.5 cm³/mol. The maximum atomic E-state index is 11.2. The number of hydrogen-bond acceptors (Lipinski definition) is 3. The van der Waals surface area contributed by atoms with Crippen molar-refractivity contribution in [2.75, 3.05) is 20.7 Å². The molecule has 0 spiro atoms. The summed E-state index contributed by atoms with van der Waals surface area (Å²) in [6, 6.07) is 7.32. The van der Waals surface area contributed by atoms with Gasteiger partial charge in [-0.3, -0.25) is 10.2 Å². The minimum atomic E-state index is -0.178. The number of halogens is 1. The minimum absolute atomic E-state index is 0.0137. The largest absolute Gasteiger partial charge is 0.484 e. The van der Waals surface area contributed by atoms with Crippen molar-refractivity contribution >= 4 is 21.8 Å². The molecule has 0 heterocycles. The summed E-state index contributed by atoms with van der Waals surface area (Å²) in [5.41, 5.74) is 2.58. The second kappa shape index (κ2) is 5.72. The summed E-state index contributed by atoms with van der Waals surface area (Å²) in [6.45, 7) is 0.0137. The van der Waals surface area contributed by atoms with Crippen LogP contribution in [0, 0.1) is 0 Å². The van der Waals surface area contributed by atoms with E-state index in [4.69, 9.17) is 4.74 Å². The standard InChI is InChI=1S/C10H13BrN2O2/c1-13(2)12-10(14)7-15-9-5-3-8(11)4-6-9/h3-6H,7H2,1-2H3,(H,12,14). The van der Waals surface area contributed by atoms with Crippen molar-refractivity contribution in [2.45, 2.75) is 0 Å². The van der Waals surface area contributed by atoms with Gasteiger partial charge in [0.1, 0.15) is 5.75 Å². The van der Waals surface area contributed by atoms with Crippen LogP contribution in [0.25, 0.3) is 0 Å². The fourth-order valence-electron chi connectivity index (χ4n) is 0.961. The molecule has 4 nitrogen and oxygen atoms in total. The number of rotatable bonds is 4. The molecule has 0 aliphatic carbocycles. The Balaban J connectivity index is 2.37. The molecular formula is C10H13BrN2O2. The monoisotopic (exact) mass is 272 g/mol. The lowest BCUT2D eigenvalue weighted by Gasteiger charge is -2.12. The van der Waals surface area contributed by atoms with Crippen molar-refractivity contribution in [1.29, 1.82) is 0 Å². The quantitative estimate of drug-likeness (QED) is 0.844. The van der Waals surface area contributed by atoms with E-state index in [2.05, 4.69) is 21.4 Å². The van der Waals surface area contributed by atoms with Crippen LogP contribution < -0.4 is 10.2 Å². The van der Waals surface area contributed by atoms with Gasteiger partial charge < -0.3 is 4.74 Å². The number of nitrogens with one attached hydrogen (secondary N) is 1. The highest BCUT2D eigenvalue weighted by molar-refractivity contribution is 9.10. The number of amides is 1. The number of ether oxygens (including phenoxy) is 1. The van der Waals surface area contributed by atoms with Crippen LogP contribution in [0.4, 0.5) is 0 Å². The van der Waals surface area contributed by atoms with Crippen LogP contribution in [-0.2, 0) is 4.79 Å². The van der Waals surface area contributed by atoms with E-state index in [-0.39, 0.29) is 12.5 Å². The zero-order valence-electron chi connectivity index (χ0n) is 8.66. The van der Waals surface area contributed by atoms with E-state index >= 15 is 0 Å². The van der Waals surface area contributed by atoms with E-state index in [0.29, 0.717) is 5.75 Å². The molecule has 0 bridgehead atoms. The van der Waals surface area contributed by atoms with Gasteiger partial charge in [-0.1, -0.05) is 15.9 Å². The van der Waals surface area contributed by atoms with E-state index in [9.17, 15) is 4.79 Å². The number of carbonyl (C=O) groups is 1. The fraction of sp³-hybridized carbons (Fsp3) is 0.300. The summed E-state index contributed by atoms with van der Waals surface area (Å²) in [5.74, 6) is 0.495. The average Bonchev–Trinajstić information content (AvgIpc) is 2.16. The first-order valence-electron chi connectivity index (χ1n) is 4.43. The van der Waals surface area contributed by atoms with Gasteiger partial charge in [-0.25, -0.2) is 5.01 Å². The zero-order valence-corrected chi connectivity index (χ0v) is 10.2. The summed E-state index contributed by atoms with van der Waals surface area (Å²) in [5, 5.41) is 1.58. The van der Waals surface area contributed by atoms with Crippen LogP contribution in [-0.4, -0.2) is 31.6 Å². The summed E-state index contributed by atoms with van der Waals surface area (Å²) >= 11 is 3.32. The Morgan fingerprint density at radius 1 is 1.40 bits per heavy atom. The maximum absolute atomic E-state index is 11.2. The van der Waals surface area contributed by atoms with Gasteiger partial charge in [-0.05, 0) is 24.3 Å². The molecule has 1 rings (SSSR count). The Morgan fingerprint density at radius 3 is 2.53 bits per heavy atom. The Morgan fingerprint density at radius 2 is 2.00 bits per heavy atom. The molecule has 0 saturated carbocycles. The van der Waals surface area contributed by atoms with Gasteiger partial charge in [0.05, 0.1) is 0 Å². The lowest BCUT2D eigenvalue weighted by atomic mass is 10.3. The normalized spacial score (nSPS) is 10.1. The second-order valence-corrected chi connectivity index (χ2v) is 4.09. The molecule has 1 N–H and O–H groups in total. The van der Waals surface area contributed by atoms with Gasteiger partial charge in [0, 0.05) is 18.6 Å². The minimum Gasteiger partial charge on any atom is -0.484 e. The Labute approximate surface area is 97.3 Å². The zero-order chi connectivity index (χ0) is 11.3. The Kier molecular flexibility index (Phi) is 4.58. The van der Waals surface area contributed by atoms with Crippen molar-refractivity contribution in [3.05, 3.63) is 28.7 Å². The fourth-order valence-corrected chi connectivity index (χ4v) is 1.23. The van der Waals surface area contributed by atoms with E-state index in [1.54, 1.807) is 31.2 Å².